The number of para-hydroxylation sites is 1. The number of anilines is 3. The maximum atomic E-state index is 14.8. The first-order valence-electron chi connectivity index (χ1n) is 22.8. The van der Waals surface area contributed by atoms with Gasteiger partial charge in [0, 0.05) is 33.8 Å². The van der Waals surface area contributed by atoms with Crippen LogP contribution < -0.4 is 14.8 Å². The van der Waals surface area contributed by atoms with E-state index >= 15 is 0 Å². The van der Waals surface area contributed by atoms with Crippen molar-refractivity contribution in [2.75, 3.05) is 16.3 Å². The number of hydrogen-bond acceptors (Lipinski definition) is 7. The van der Waals surface area contributed by atoms with Gasteiger partial charge in [-0.1, -0.05) is 166 Å². The fraction of sp³-hybridized carbons (Fsp3) is 0.389. The second-order valence-corrected chi connectivity index (χ2v) is 21.0. The Hall–Kier alpha value is -5.54. The van der Waals surface area contributed by atoms with Crippen LogP contribution in [-0.2, 0) is 21.9 Å². The van der Waals surface area contributed by atoms with Gasteiger partial charge in [0.15, 0.2) is 11.5 Å². The van der Waals surface area contributed by atoms with Crippen molar-refractivity contribution < 1.29 is 17.9 Å². The number of rotatable bonds is 20. The van der Waals surface area contributed by atoms with Crippen LogP contribution in [0, 0.1) is 5.41 Å². The molecule has 1 aliphatic carbocycles. The average molecular weight is 865 g/mol. The van der Waals surface area contributed by atoms with Crippen molar-refractivity contribution in [1.29, 1.82) is 0 Å². The number of aromatic nitrogens is 2. The summed E-state index contributed by atoms with van der Waals surface area (Å²) >= 11 is 0. The van der Waals surface area contributed by atoms with Crippen LogP contribution in [0.15, 0.2) is 103 Å². The molecule has 63 heavy (non-hydrogen) atoms. The highest BCUT2D eigenvalue weighted by Gasteiger charge is 2.34. The molecule has 0 saturated carbocycles. The molecule has 9 heteroatoms. The molecule has 1 aromatic heterocycles. The number of ether oxygens (including phenoxy) is 1. The molecule has 0 bridgehead atoms. The summed E-state index contributed by atoms with van der Waals surface area (Å²) in [4.78, 5) is 14.8. The monoisotopic (exact) mass is 864 g/mol. The Kier molecular flexibility index (Phi) is 14.1. The van der Waals surface area contributed by atoms with Gasteiger partial charge in [-0.15, -0.1) is 10.2 Å². The van der Waals surface area contributed by atoms with Gasteiger partial charge in [-0.05, 0) is 77.1 Å². The average Bonchev–Trinajstić information content (AvgIpc) is 3.23. The van der Waals surface area contributed by atoms with Gasteiger partial charge in [-0.2, -0.15) is 0 Å². The molecule has 0 amide bonds. The number of nitrogens with one attached hydrogen (secondary N) is 2. The Bertz CT molecular complexity index is 2670. The maximum Gasteiger partial charge on any atom is 0.229 e. The highest BCUT2D eigenvalue weighted by molar-refractivity contribution is 7.92. The molecule has 0 fully saturated rings. The summed E-state index contributed by atoms with van der Waals surface area (Å²) < 4.78 is 34.6. The molecule has 0 atom stereocenters. The van der Waals surface area contributed by atoms with Gasteiger partial charge in [0.2, 0.25) is 10.0 Å². The number of hydrogen-bond donors (Lipinski definition) is 2. The Morgan fingerprint density at radius 1 is 0.651 bits per heavy atom. The van der Waals surface area contributed by atoms with E-state index < -0.39 is 10.0 Å². The molecule has 2 N–H and O–H groups in total. The standard InChI is InChI=1S/C54H64N4O4S/c1-8-9-10-11-12-13-14-15-16-17-22-37-27-31-39(32-28-37)55-45-35-46(62-40-33-29-38(30-34-40)54(5,6)36-53(2,3)4)51-49-47(41-23-18-19-24-42(41)52(59)48(45)49)50(56-57-51)43-25-20-21-26-44(43)58-63(7,60)61/h18-21,23-35,55,58H,8-17,22,36H2,1-7H3. The Balaban J connectivity index is 1.27. The van der Waals surface area contributed by atoms with Crippen molar-refractivity contribution in [1.82, 2.24) is 10.2 Å². The van der Waals surface area contributed by atoms with Gasteiger partial charge in [-0.25, -0.2) is 8.42 Å². The molecule has 0 aliphatic heterocycles. The molecule has 1 heterocycles. The van der Waals surface area contributed by atoms with E-state index in [4.69, 9.17) is 14.9 Å². The van der Waals surface area contributed by atoms with Crippen LogP contribution in [0.25, 0.3) is 33.3 Å². The largest absolute Gasteiger partial charge is 0.455 e. The minimum Gasteiger partial charge on any atom is -0.455 e. The SMILES string of the molecule is CCCCCCCCCCCCc1ccc(Nc2cc(Oc3ccc(C(C)(C)CC(C)(C)C)cc3)c3nnc(-c4ccccc4NS(C)(=O)=O)c4c3c2C(=O)c2ccccc2-4)cc1. The molecule has 330 valence electrons. The zero-order chi connectivity index (χ0) is 44.8. The Morgan fingerprint density at radius 3 is 1.89 bits per heavy atom. The summed E-state index contributed by atoms with van der Waals surface area (Å²) in [6, 6.07) is 33.2. The number of unbranched alkanes of at least 4 members (excludes halogenated alkanes) is 9. The molecule has 8 nitrogen and oxygen atoms in total. The van der Waals surface area contributed by atoms with E-state index in [1.807, 2.05) is 54.6 Å². The first-order valence-corrected chi connectivity index (χ1v) is 24.7. The van der Waals surface area contributed by atoms with E-state index in [0.717, 1.165) is 31.2 Å². The minimum absolute atomic E-state index is 0.0468. The van der Waals surface area contributed by atoms with Crippen LogP contribution in [0.3, 0.4) is 0 Å². The third-order valence-corrected chi connectivity index (χ3v) is 12.6. The molecule has 6 aromatic rings. The van der Waals surface area contributed by atoms with Crippen molar-refractivity contribution in [2.24, 2.45) is 5.41 Å². The molecule has 0 radical (unpaired) electrons. The second-order valence-electron chi connectivity index (χ2n) is 19.2. The first-order chi connectivity index (χ1) is 30.1. The van der Waals surface area contributed by atoms with E-state index in [2.05, 4.69) is 88.0 Å². The van der Waals surface area contributed by atoms with Crippen LogP contribution in [-0.4, -0.2) is 30.7 Å². The van der Waals surface area contributed by atoms with Gasteiger partial charge < -0.3 is 10.1 Å². The number of carbonyl (C=O) groups excluding carboxylic acids is 1. The second kappa shape index (κ2) is 19.5. The third kappa shape index (κ3) is 11.2. The zero-order valence-electron chi connectivity index (χ0n) is 38.2. The number of benzene rings is 5. The van der Waals surface area contributed by atoms with Gasteiger partial charge in [0.1, 0.15) is 17.0 Å². The van der Waals surface area contributed by atoms with Crippen LogP contribution in [0.2, 0.25) is 0 Å². The van der Waals surface area contributed by atoms with Crippen LogP contribution in [0.1, 0.15) is 139 Å². The van der Waals surface area contributed by atoms with Crippen molar-refractivity contribution in [2.45, 2.75) is 124 Å². The van der Waals surface area contributed by atoms with E-state index in [-0.39, 0.29) is 16.6 Å². The van der Waals surface area contributed by atoms with Crippen LogP contribution >= 0.6 is 0 Å². The fourth-order valence-corrected chi connectivity index (χ4v) is 9.97. The highest BCUT2D eigenvalue weighted by atomic mass is 32.2. The van der Waals surface area contributed by atoms with Crippen molar-refractivity contribution in [3.8, 4) is 33.9 Å². The summed E-state index contributed by atoms with van der Waals surface area (Å²) in [6.07, 6.45) is 16.2. The maximum absolute atomic E-state index is 14.8. The number of sulfonamides is 1. The number of aryl methyl sites for hydroxylation is 1. The van der Waals surface area contributed by atoms with E-state index in [9.17, 15) is 13.2 Å². The summed E-state index contributed by atoms with van der Waals surface area (Å²) in [5.41, 5.74) is 8.12. The van der Waals surface area contributed by atoms with Gasteiger partial charge in [0.25, 0.3) is 0 Å². The van der Waals surface area contributed by atoms with Crippen molar-refractivity contribution in [3.05, 3.63) is 125 Å². The van der Waals surface area contributed by atoms with E-state index in [1.165, 1.54) is 68.9 Å². The highest BCUT2D eigenvalue weighted by Crippen LogP contribution is 2.50. The number of nitrogens with zero attached hydrogens (tertiary/aromatic N) is 2. The molecule has 0 spiro atoms. The third-order valence-electron chi connectivity index (χ3n) is 12.0. The minimum atomic E-state index is -3.64. The van der Waals surface area contributed by atoms with Gasteiger partial charge in [0.05, 0.1) is 23.2 Å². The zero-order valence-corrected chi connectivity index (χ0v) is 39.1. The predicted octanol–water partition coefficient (Wildman–Crippen LogP) is 14.6. The molecular weight excluding hydrogens is 801 g/mol. The quantitative estimate of drug-likeness (QED) is 0.0734. The molecule has 5 aromatic carbocycles. The topological polar surface area (TPSA) is 110 Å². The number of carbonyl (C=O) groups is 1. The van der Waals surface area contributed by atoms with Gasteiger partial charge >= 0.3 is 0 Å². The van der Waals surface area contributed by atoms with E-state index in [1.54, 1.807) is 12.1 Å². The lowest BCUT2D eigenvalue weighted by Crippen LogP contribution is -2.24. The fourth-order valence-electron chi connectivity index (χ4n) is 9.39. The molecule has 7 rings (SSSR count). The van der Waals surface area contributed by atoms with Crippen LogP contribution in [0.5, 0.6) is 11.5 Å². The number of ketones is 1. The molecule has 0 saturated heterocycles. The van der Waals surface area contributed by atoms with Gasteiger partial charge in [-0.3, -0.25) is 9.52 Å². The predicted molar refractivity (Wildman–Crippen MR) is 261 cm³/mol. The molecule has 1 aliphatic rings. The molecule has 0 unspecified atom stereocenters. The van der Waals surface area contributed by atoms with E-state index in [0.29, 0.717) is 67.3 Å². The molecular formula is C54H64N4O4S. The first kappa shape index (κ1) is 45.5. The Labute approximate surface area is 375 Å². The summed E-state index contributed by atoms with van der Waals surface area (Å²) in [5, 5.41) is 13.8. The summed E-state index contributed by atoms with van der Waals surface area (Å²) in [5.74, 6) is 0.910. The van der Waals surface area contributed by atoms with Crippen molar-refractivity contribution >= 4 is 43.8 Å². The lowest BCUT2D eigenvalue weighted by Gasteiger charge is -2.33. The summed E-state index contributed by atoms with van der Waals surface area (Å²) in [6.45, 7) is 13.6. The number of fused-ring (bicyclic) bond motifs is 2. The normalized spacial score (nSPS) is 12.7. The Morgan fingerprint density at radius 2 is 1.25 bits per heavy atom. The smallest absolute Gasteiger partial charge is 0.229 e. The lowest BCUT2D eigenvalue weighted by molar-refractivity contribution is 0.104. The lowest BCUT2D eigenvalue weighted by atomic mass is 9.72. The van der Waals surface area contributed by atoms with Crippen molar-refractivity contribution in [3.63, 3.8) is 0 Å². The summed E-state index contributed by atoms with van der Waals surface area (Å²) in [7, 11) is -3.64. The van der Waals surface area contributed by atoms with Crippen LogP contribution in [0.4, 0.5) is 17.1 Å².